The van der Waals surface area contributed by atoms with E-state index in [1.807, 2.05) is 12.1 Å². The van der Waals surface area contributed by atoms with Gasteiger partial charge < -0.3 is 10.4 Å². The van der Waals surface area contributed by atoms with Crippen molar-refractivity contribution in [1.82, 2.24) is 0 Å². The number of rotatable bonds is 5. The van der Waals surface area contributed by atoms with Crippen LogP contribution in [0.4, 0.5) is 5.69 Å². The van der Waals surface area contributed by atoms with Crippen LogP contribution in [0.15, 0.2) is 52.3 Å². The van der Waals surface area contributed by atoms with E-state index < -0.39 is 5.97 Å². The number of carbonyl (C=O) groups is 2. The molecule has 0 unspecified atom stereocenters. The Morgan fingerprint density at radius 1 is 1.18 bits per heavy atom. The Labute approximate surface area is 137 Å². The first kappa shape index (κ1) is 16.4. The van der Waals surface area contributed by atoms with Gasteiger partial charge in [-0.2, -0.15) is 0 Å². The molecule has 0 spiro atoms. The molecule has 0 radical (unpaired) electrons. The zero-order valence-electron chi connectivity index (χ0n) is 11.8. The first-order valence-electron chi connectivity index (χ1n) is 6.50. The van der Waals surface area contributed by atoms with Crippen LogP contribution in [0, 0.1) is 0 Å². The number of halogens is 1. The van der Waals surface area contributed by atoms with Crippen molar-refractivity contribution >= 4 is 40.9 Å². The average molecular weight is 336 g/mol. The van der Waals surface area contributed by atoms with Gasteiger partial charge in [0.05, 0.1) is 12.1 Å². The molecule has 0 atom stereocenters. The van der Waals surface area contributed by atoms with Crippen molar-refractivity contribution in [3.05, 3.63) is 53.1 Å². The standard InChI is InChI=1S/C16H14ClNO3S/c1-10(19)18-13-7-6-12(17)9-15(13)22-14-5-3-2-4-11(14)8-16(20)21/h2-7,9H,8H2,1H3,(H,18,19)(H,20,21). The lowest BCUT2D eigenvalue weighted by Gasteiger charge is -2.12. The van der Waals surface area contributed by atoms with E-state index in [-0.39, 0.29) is 12.3 Å². The van der Waals surface area contributed by atoms with Crippen molar-refractivity contribution in [2.75, 3.05) is 5.32 Å². The van der Waals surface area contributed by atoms with Gasteiger partial charge in [0.25, 0.3) is 0 Å². The van der Waals surface area contributed by atoms with Gasteiger partial charge in [0.2, 0.25) is 5.91 Å². The Morgan fingerprint density at radius 3 is 2.59 bits per heavy atom. The minimum Gasteiger partial charge on any atom is -0.481 e. The number of amides is 1. The highest BCUT2D eigenvalue weighted by molar-refractivity contribution is 7.99. The maximum atomic E-state index is 11.3. The Morgan fingerprint density at radius 2 is 1.91 bits per heavy atom. The number of anilines is 1. The van der Waals surface area contributed by atoms with Gasteiger partial charge >= 0.3 is 5.97 Å². The molecule has 2 aromatic carbocycles. The molecule has 2 aromatic rings. The molecule has 6 heteroatoms. The van der Waals surface area contributed by atoms with Crippen LogP contribution in [0.2, 0.25) is 5.02 Å². The van der Waals surface area contributed by atoms with Crippen LogP contribution in [0.25, 0.3) is 0 Å². The molecule has 114 valence electrons. The van der Waals surface area contributed by atoms with E-state index in [4.69, 9.17) is 16.7 Å². The van der Waals surface area contributed by atoms with E-state index in [1.165, 1.54) is 18.7 Å². The quantitative estimate of drug-likeness (QED) is 0.864. The van der Waals surface area contributed by atoms with Crippen LogP contribution in [0.5, 0.6) is 0 Å². The number of nitrogens with one attached hydrogen (secondary N) is 1. The number of benzene rings is 2. The lowest BCUT2D eigenvalue weighted by molar-refractivity contribution is -0.136. The highest BCUT2D eigenvalue weighted by atomic mass is 35.5. The summed E-state index contributed by atoms with van der Waals surface area (Å²) in [5.74, 6) is -1.07. The van der Waals surface area contributed by atoms with E-state index in [1.54, 1.807) is 30.3 Å². The molecule has 0 heterocycles. The highest BCUT2D eigenvalue weighted by Crippen LogP contribution is 2.37. The van der Waals surface area contributed by atoms with Crippen LogP contribution in [-0.4, -0.2) is 17.0 Å². The zero-order chi connectivity index (χ0) is 16.1. The maximum absolute atomic E-state index is 11.3. The van der Waals surface area contributed by atoms with E-state index in [0.29, 0.717) is 16.3 Å². The molecule has 0 saturated carbocycles. The number of hydrogen-bond donors (Lipinski definition) is 2. The van der Waals surface area contributed by atoms with E-state index >= 15 is 0 Å². The molecule has 4 nitrogen and oxygen atoms in total. The van der Waals surface area contributed by atoms with Crippen molar-refractivity contribution in [1.29, 1.82) is 0 Å². The molecular formula is C16H14ClNO3S. The summed E-state index contributed by atoms with van der Waals surface area (Å²) >= 11 is 7.40. The Balaban J connectivity index is 2.36. The summed E-state index contributed by atoms with van der Waals surface area (Å²) in [7, 11) is 0. The number of carbonyl (C=O) groups excluding carboxylic acids is 1. The van der Waals surface area contributed by atoms with Gasteiger partial charge in [-0.05, 0) is 29.8 Å². The van der Waals surface area contributed by atoms with Crippen LogP contribution >= 0.6 is 23.4 Å². The monoisotopic (exact) mass is 335 g/mol. The van der Waals surface area contributed by atoms with Crippen LogP contribution in [0.1, 0.15) is 12.5 Å². The van der Waals surface area contributed by atoms with E-state index in [9.17, 15) is 9.59 Å². The molecule has 0 aliphatic rings. The fourth-order valence-corrected chi connectivity index (χ4v) is 3.21. The lowest BCUT2D eigenvalue weighted by atomic mass is 10.1. The average Bonchev–Trinajstić information content (AvgIpc) is 2.43. The highest BCUT2D eigenvalue weighted by Gasteiger charge is 2.11. The second-order valence-electron chi connectivity index (χ2n) is 4.60. The third kappa shape index (κ3) is 4.51. The summed E-state index contributed by atoms with van der Waals surface area (Å²) in [4.78, 5) is 23.8. The molecule has 0 bridgehead atoms. The third-order valence-corrected chi connectivity index (χ3v) is 4.20. The molecule has 1 amide bonds. The summed E-state index contributed by atoms with van der Waals surface area (Å²) in [6, 6.07) is 12.4. The molecule has 0 fully saturated rings. The Hall–Kier alpha value is -1.98. The van der Waals surface area contributed by atoms with Crippen molar-refractivity contribution in [3.8, 4) is 0 Å². The molecule has 0 aromatic heterocycles. The van der Waals surface area contributed by atoms with Crippen molar-refractivity contribution in [2.45, 2.75) is 23.1 Å². The predicted molar refractivity (Wildman–Crippen MR) is 87.7 cm³/mol. The summed E-state index contributed by atoms with van der Waals surface area (Å²) in [5, 5.41) is 12.3. The minimum atomic E-state index is -0.888. The van der Waals surface area contributed by atoms with E-state index in [2.05, 4.69) is 5.32 Å². The van der Waals surface area contributed by atoms with Gasteiger partial charge in [-0.25, -0.2) is 0 Å². The molecule has 0 aliphatic heterocycles. The largest absolute Gasteiger partial charge is 0.481 e. The van der Waals surface area contributed by atoms with Crippen molar-refractivity contribution < 1.29 is 14.7 Å². The smallest absolute Gasteiger partial charge is 0.307 e. The topological polar surface area (TPSA) is 66.4 Å². The van der Waals surface area contributed by atoms with Gasteiger partial charge in [0.15, 0.2) is 0 Å². The summed E-state index contributed by atoms with van der Waals surface area (Å²) in [6.45, 7) is 1.43. The Kier molecular flexibility index (Phi) is 5.46. The summed E-state index contributed by atoms with van der Waals surface area (Å²) in [6.07, 6.45) is -0.0563. The fraction of sp³-hybridized carbons (Fsp3) is 0.125. The molecule has 22 heavy (non-hydrogen) atoms. The van der Waals surface area contributed by atoms with Gasteiger partial charge in [0, 0.05) is 21.7 Å². The zero-order valence-corrected chi connectivity index (χ0v) is 13.4. The molecule has 0 aliphatic carbocycles. The van der Waals surface area contributed by atoms with E-state index in [0.717, 1.165) is 9.79 Å². The summed E-state index contributed by atoms with van der Waals surface area (Å²) in [5.41, 5.74) is 1.36. The van der Waals surface area contributed by atoms with Gasteiger partial charge in [-0.3, -0.25) is 9.59 Å². The molecule has 2 rings (SSSR count). The number of carboxylic acids is 1. The minimum absolute atomic E-state index is 0.0563. The first-order valence-corrected chi connectivity index (χ1v) is 7.70. The SMILES string of the molecule is CC(=O)Nc1ccc(Cl)cc1Sc1ccccc1CC(=O)O. The second-order valence-corrected chi connectivity index (χ2v) is 6.12. The van der Waals surface area contributed by atoms with Crippen molar-refractivity contribution in [2.24, 2.45) is 0 Å². The van der Waals surface area contributed by atoms with Crippen molar-refractivity contribution in [3.63, 3.8) is 0 Å². The van der Waals surface area contributed by atoms with Crippen LogP contribution in [0.3, 0.4) is 0 Å². The van der Waals surface area contributed by atoms with Crippen LogP contribution in [-0.2, 0) is 16.0 Å². The number of hydrogen-bond acceptors (Lipinski definition) is 3. The normalized spacial score (nSPS) is 10.3. The third-order valence-electron chi connectivity index (χ3n) is 2.79. The van der Waals surface area contributed by atoms with Gasteiger partial charge in [-0.15, -0.1) is 0 Å². The number of aliphatic carboxylic acids is 1. The lowest BCUT2D eigenvalue weighted by Crippen LogP contribution is -2.06. The molecule has 2 N–H and O–H groups in total. The predicted octanol–water partition coefficient (Wildman–Crippen LogP) is 4.08. The second kappa shape index (κ2) is 7.33. The summed E-state index contributed by atoms with van der Waals surface area (Å²) < 4.78 is 0. The molecule has 0 saturated heterocycles. The Bertz CT molecular complexity index is 718. The molecular weight excluding hydrogens is 322 g/mol. The van der Waals surface area contributed by atoms with Gasteiger partial charge in [0.1, 0.15) is 0 Å². The fourth-order valence-electron chi connectivity index (χ4n) is 1.90. The van der Waals surface area contributed by atoms with Crippen LogP contribution < -0.4 is 5.32 Å². The van der Waals surface area contributed by atoms with Gasteiger partial charge in [-0.1, -0.05) is 41.6 Å². The maximum Gasteiger partial charge on any atom is 0.307 e. The first-order chi connectivity index (χ1) is 10.5. The number of carboxylic acid groups (broad SMARTS) is 1.